The Morgan fingerprint density at radius 1 is 0.872 bits per heavy atom. The zero-order chi connectivity index (χ0) is 27.2. The topological polar surface area (TPSA) is 97.3 Å². The van der Waals surface area contributed by atoms with E-state index in [0.29, 0.717) is 0 Å². The van der Waals surface area contributed by atoms with Crippen molar-refractivity contribution in [1.82, 2.24) is 9.62 Å². The molecule has 3 aromatic rings. The van der Waals surface area contributed by atoms with Crippen LogP contribution in [0.2, 0.25) is 0 Å². The lowest BCUT2D eigenvalue weighted by Crippen LogP contribution is -2.47. The molecule has 5 rings (SSSR count). The lowest BCUT2D eigenvalue weighted by molar-refractivity contribution is -0.277. The molecule has 9 heteroatoms. The third-order valence-electron chi connectivity index (χ3n) is 7.44. The van der Waals surface area contributed by atoms with Gasteiger partial charge in [0.05, 0.1) is 36.9 Å². The molecule has 3 aromatic carbocycles. The summed E-state index contributed by atoms with van der Waals surface area (Å²) in [6.45, 7) is 6.33. The first-order valence-corrected chi connectivity index (χ1v) is 14.9. The van der Waals surface area contributed by atoms with Crippen molar-refractivity contribution < 1.29 is 27.7 Å². The van der Waals surface area contributed by atoms with Crippen molar-refractivity contribution in [2.75, 3.05) is 32.8 Å². The number of rotatable bonds is 9. The van der Waals surface area contributed by atoms with Gasteiger partial charge in [-0.2, -0.15) is 0 Å². The van der Waals surface area contributed by atoms with E-state index in [4.69, 9.17) is 14.2 Å². The van der Waals surface area contributed by atoms with Crippen LogP contribution in [0.3, 0.4) is 0 Å². The van der Waals surface area contributed by atoms with E-state index in [1.165, 1.54) is 0 Å². The van der Waals surface area contributed by atoms with Crippen molar-refractivity contribution >= 4 is 10.0 Å². The van der Waals surface area contributed by atoms with Crippen LogP contribution >= 0.6 is 0 Å². The molecule has 0 amide bonds. The second kappa shape index (κ2) is 12.7. The number of hydrogen-bond donors (Lipinski definition) is 2. The molecule has 0 aromatic heterocycles. The van der Waals surface area contributed by atoms with Crippen LogP contribution in [-0.4, -0.2) is 57.4 Å². The van der Waals surface area contributed by atoms with E-state index in [1.54, 1.807) is 30.3 Å². The molecule has 4 atom stereocenters. The molecule has 208 valence electrons. The summed E-state index contributed by atoms with van der Waals surface area (Å²) in [5.41, 5.74) is 3.62. The minimum atomic E-state index is -3.59. The quantitative estimate of drug-likeness (QED) is 0.417. The Morgan fingerprint density at radius 2 is 1.51 bits per heavy atom. The molecule has 0 radical (unpaired) electrons. The van der Waals surface area contributed by atoms with Crippen LogP contribution in [0.5, 0.6) is 0 Å². The normalized spacial score (nSPS) is 24.5. The molecule has 8 nitrogen and oxygen atoms in total. The van der Waals surface area contributed by atoms with Crippen molar-refractivity contribution in [3.63, 3.8) is 0 Å². The van der Waals surface area contributed by atoms with Gasteiger partial charge in [0.2, 0.25) is 10.0 Å². The van der Waals surface area contributed by atoms with Gasteiger partial charge in [-0.3, -0.25) is 4.90 Å². The lowest BCUT2D eigenvalue weighted by atomic mass is 9.90. The number of hydrogen-bond acceptors (Lipinski definition) is 7. The molecular weight excluding hydrogens is 516 g/mol. The first kappa shape index (κ1) is 27.9. The summed E-state index contributed by atoms with van der Waals surface area (Å²) in [5.74, 6) is 0.107. The highest BCUT2D eigenvalue weighted by molar-refractivity contribution is 7.89. The van der Waals surface area contributed by atoms with Crippen LogP contribution < -0.4 is 4.72 Å². The Balaban J connectivity index is 1.31. The van der Waals surface area contributed by atoms with E-state index in [-0.39, 0.29) is 36.2 Å². The first-order valence-electron chi connectivity index (χ1n) is 13.4. The summed E-state index contributed by atoms with van der Waals surface area (Å²) in [5, 5.41) is 9.46. The molecule has 0 spiro atoms. The minimum absolute atomic E-state index is 0.000600. The second-order valence-corrected chi connectivity index (χ2v) is 11.9. The third-order valence-corrected chi connectivity index (χ3v) is 8.85. The molecule has 0 aliphatic carbocycles. The monoisotopic (exact) mass is 552 g/mol. The number of nitrogens with one attached hydrogen (secondary N) is 1. The predicted molar refractivity (Wildman–Crippen MR) is 147 cm³/mol. The number of aliphatic hydroxyl groups excluding tert-OH is 1. The number of morpholine rings is 1. The van der Waals surface area contributed by atoms with Gasteiger partial charge in [0.25, 0.3) is 0 Å². The zero-order valence-corrected chi connectivity index (χ0v) is 22.9. The lowest BCUT2D eigenvalue weighted by Gasteiger charge is -2.43. The summed E-state index contributed by atoms with van der Waals surface area (Å²) < 4.78 is 46.4. The van der Waals surface area contributed by atoms with Crippen LogP contribution in [0.25, 0.3) is 0 Å². The van der Waals surface area contributed by atoms with Crippen molar-refractivity contribution in [2.24, 2.45) is 5.92 Å². The van der Waals surface area contributed by atoms with Crippen LogP contribution in [-0.2, 0) is 37.4 Å². The summed E-state index contributed by atoms with van der Waals surface area (Å²) in [6.07, 6.45) is -0.800. The van der Waals surface area contributed by atoms with Crippen LogP contribution in [0.4, 0.5) is 0 Å². The standard InChI is InChI=1S/C30H36N2O6S/c1-22-28(20-32-15-17-36-18-16-32)37-30(38-29(22)25-11-9-24(21-33)10-12-25)26-13-7-23(8-14-26)19-31-39(34,35)27-5-3-2-4-6-27/h2-14,22,28-31,33H,15-21H2,1H3/t22-,28+,29+,30+/m0/s1. The van der Waals surface area contributed by atoms with E-state index >= 15 is 0 Å². The zero-order valence-electron chi connectivity index (χ0n) is 22.1. The molecule has 0 saturated carbocycles. The highest BCUT2D eigenvalue weighted by Gasteiger charge is 2.39. The van der Waals surface area contributed by atoms with Gasteiger partial charge >= 0.3 is 0 Å². The van der Waals surface area contributed by atoms with E-state index in [2.05, 4.69) is 16.5 Å². The maximum Gasteiger partial charge on any atom is 0.240 e. The van der Waals surface area contributed by atoms with Crippen LogP contribution in [0, 0.1) is 5.92 Å². The fourth-order valence-electron chi connectivity index (χ4n) is 5.02. The molecule has 2 fully saturated rings. The summed E-state index contributed by atoms with van der Waals surface area (Å²) >= 11 is 0. The number of ether oxygens (including phenoxy) is 3. The minimum Gasteiger partial charge on any atom is -0.392 e. The highest BCUT2D eigenvalue weighted by atomic mass is 32.2. The Morgan fingerprint density at radius 3 is 2.18 bits per heavy atom. The highest BCUT2D eigenvalue weighted by Crippen LogP contribution is 2.42. The Bertz CT molecular complexity index is 1300. The smallest absolute Gasteiger partial charge is 0.240 e. The van der Waals surface area contributed by atoms with E-state index in [9.17, 15) is 13.5 Å². The SMILES string of the molecule is C[C@H]1[C@@H](CN2CCOCC2)O[C@@H](c2ccc(CNS(=O)(=O)c3ccccc3)cc2)O[C@H]1c1ccc(CO)cc1. The average Bonchev–Trinajstić information content (AvgIpc) is 2.98. The van der Waals surface area contributed by atoms with Gasteiger partial charge in [0, 0.05) is 37.7 Å². The Hall–Kier alpha value is -2.63. The van der Waals surface area contributed by atoms with Gasteiger partial charge in [-0.05, 0) is 28.8 Å². The van der Waals surface area contributed by atoms with Crippen LogP contribution in [0.1, 0.15) is 41.6 Å². The molecule has 0 unspecified atom stereocenters. The number of aliphatic hydroxyl groups is 1. The van der Waals surface area contributed by atoms with Crippen molar-refractivity contribution in [2.45, 2.75) is 43.5 Å². The second-order valence-electron chi connectivity index (χ2n) is 10.1. The van der Waals surface area contributed by atoms with Gasteiger partial charge in [-0.25, -0.2) is 13.1 Å². The van der Waals surface area contributed by atoms with Gasteiger partial charge in [-0.1, -0.05) is 73.7 Å². The largest absolute Gasteiger partial charge is 0.392 e. The Kier molecular flexibility index (Phi) is 9.09. The third kappa shape index (κ3) is 6.93. The number of nitrogens with zero attached hydrogens (tertiary/aromatic N) is 1. The molecular formula is C30H36N2O6S. The molecule has 2 N–H and O–H groups in total. The summed E-state index contributed by atoms with van der Waals surface area (Å²) in [4.78, 5) is 2.62. The van der Waals surface area contributed by atoms with Gasteiger partial charge in [0.1, 0.15) is 0 Å². The summed E-state index contributed by atoms with van der Waals surface area (Å²) in [6, 6.07) is 23.9. The Labute approximate surface area is 230 Å². The number of benzene rings is 3. The van der Waals surface area contributed by atoms with Gasteiger partial charge in [-0.15, -0.1) is 0 Å². The molecule has 0 bridgehead atoms. The van der Waals surface area contributed by atoms with Crippen LogP contribution in [0.15, 0.2) is 83.8 Å². The maximum atomic E-state index is 12.6. The summed E-state index contributed by atoms with van der Waals surface area (Å²) in [7, 11) is -3.59. The van der Waals surface area contributed by atoms with Gasteiger partial charge in [0.15, 0.2) is 6.29 Å². The molecule has 2 saturated heterocycles. The molecule has 2 aliphatic heterocycles. The fourth-order valence-corrected chi connectivity index (χ4v) is 6.06. The van der Waals surface area contributed by atoms with E-state index in [1.807, 2.05) is 48.5 Å². The van der Waals surface area contributed by atoms with Crippen molar-refractivity contribution in [3.8, 4) is 0 Å². The van der Waals surface area contributed by atoms with Crippen molar-refractivity contribution in [1.29, 1.82) is 0 Å². The molecule has 2 aliphatic rings. The average molecular weight is 553 g/mol. The molecule has 2 heterocycles. The van der Waals surface area contributed by atoms with E-state index in [0.717, 1.165) is 55.1 Å². The molecule has 39 heavy (non-hydrogen) atoms. The van der Waals surface area contributed by atoms with E-state index < -0.39 is 16.3 Å². The predicted octanol–water partition coefficient (Wildman–Crippen LogP) is 3.78. The fraction of sp³-hybridized carbons (Fsp3) is 0.400. The maximum absolute atomic E-state index is 12.6. The van der Waals surface area contributed by atoms with Crippen molar-refractivity contribution in [3.05, 3.63) is 101 Å². The van der Waals surface area contributed by atoms with Gasteiger partial charge < -0.3 is 19.3 Å². The number of sulfonamides is 1. The first-order chi connectivity index (χ1) is 18.9.